The van der Waals surface area contributed by atoms with E-state index in [1.54, 1.807) is 24.0 Å². The summed E-state index contributed by atoms with van der Waals surface area (Å²) in [6.07, 6.45) is 2.17. The fourth-order valence-electron chi connectivity index (χ4n) is 3.23. The molecular weight excluding hydrogens is 368 g/mol. The van der Waals surface area contributed by atoms with Gasteiger partial charge in [-0.15, -0.1) is 0 Å². The second-order valence-electron chi connectivity index (χ2n) is 6.65. The number of furan rings is 1. The number of aliphatic carboxylic acids is 1. The third-order valence-electron chi connectivity index (χ3n) is 4.66. The van der Waals surface area contributed by atoms with Crippen molar-refractivity contribution in [2.45, 2.75) is 32.3 Å². The summed E-state index contributed by atoms with van der Waals surface area (Å²) in [4.78, 5) is 35.7. The number of amides is 1. The smallest absolute Gasteiger partial charge is 0.311 e. The Morgan fingerprint density at radius 2 is 1.93 bits per heavy atom. The van der Waals surface area contributed by atoms with E-state index in [1.807, 2.05) is 0 Å². The fraction of sp³-hybridized carbons (Fsp3) is 0.368. The lowest BCUT2D eigenvalue weighted by Gasteiger charge is -2.32. The number of benzene rings is 1. The van der Waals surface area contributed by atoms with E-state index in [0.717, 1.165) is 0 Å². The molecule has 1 fully saturated rings. The first kappa shape index (κ1) is 19.4. The number of carbonyl (C=O) groups is 2. The molecule has 0 aliphatic carbocycles. The molecule has 1 aromatic carbocycles. The first-order chi connectivity index (χ1) is 13.3. The molecule has 1 aliphatic rings. The van der Waals surface area contributed by atoms with Crippen LogP contribution in [-0.2, 0) is 11.2 Å². The van der Waals surface area contributed by atoms with E-state index in [4.69, 9.17) is 14.3 Å². The highest BCUT2D eigenvalue weighted by molar-refractivity contribution is 5.97. The predicted molar refractivity (Wildman–Crippen MR) is 97.4 cm³/mol. The number of aryl methyl sites for hydroxylation is 1. The van der Waals surface area contributed by atoms with Crippen molar-refractivity contribution in [3.8, 4) is 5.75 Å². The van der Waals surface area contributed by atoms with Gasteiger partial charge in [0.1, 0.15) is 24.0 Å². The van der Waals surface area contributed by atoms with Gasteiger partial charge in [-0.3, -0.25) is 19.7 Å². The molecule has 148 valence electrons. The van der Waals surface area contributed by atoms with E-state index < -0.39 is 10.9 Å². The van der Waals surface area contributed by atoms with Crippen molar-refractivity contribution >= 4 is 17.6 Å². The summed E-state index contributed by atoms with van der Waals surface area (Å²) in [6.45, 7) is 2.65. The van der Waals surface area contributed by atoms with Crippen LogP contribution in [0.3, 0.4) is 0 Å². The van der Waals surface area contributed by atoms with Crippen molar-refractivity contribution in [1.29, 1.82) is 0 Å². The number of piperidine rings is 1. The molecule has 1 aromatic heterocycles. The number of hydrogen-bond acceptors (Lipinski definition) is 6. The molecule has 0 radical (unpaired) electrons. The van der Waals surface area contributed by atoms with Crippen molar-refractivity contribution < 1.29 is 28.8 Å². The molecule has 9 nitrogen and oxygen atoms in total. The molecule has 2 heterocycles. The Hall–Kier alpha value is -3.36. The minimum absolute atomic E-state index is 0.000382. The molecule has 0 bridgehead atoms. The van der Waals surface area contributed by atoms with Crippen LogP contribution < -0.4 is 4.74 Å². The zero-order valence-corrected chi connectivity index (χ0v) is 15.3. The molecule has 9 heteroatoms. The monoisotopic (exact) mass is 388 g/mol. The van der Waals surface area contributed by atoms with Gasteiger partial charge in [0.25, 0.3) is 11.6 Å². The topological polar surface area (TPSA) is 123 Å². The molecule has 1 N–H and O–H groups in total. The number of non-ortho nitro benzene ring substituents is 1. The average molecular weight is 388 g/mol. The molecule has 28 heavy (non-hydrogen) atoms. The minimum Gasteiger partial charge on any atom is -0.490 e. The Balaban J connectivity index is 1.59. The highest BCUT2D eigenvalue weighted by Crippen LogP contribution is 2.25. The molecule has 0 saturated carbocycles. The average Bonchev–Trinajstić information content (AvgIpc) is 3.01. The van der Waals surface area contributed by atoms with Crippen LogP contribution in [0.4, 0.5) is 5.69 Å². The summed E-state index contributed by atoms with van der Waals surface area (Å²) >= 11 is 0. The highest BCUT2D eigenvalue weighted by Gasteiger charge is 2.29. The summed E-state index contributed by atoms with van der Waals surface area (Å²) < 4.78 is 11.1. The van der Waals surface area contributed by atoms with Gasteiger partial charge >= 0.3 is 5.97 Å². The van der Waals surface area contributed by atoms with Gasteiger partial charge in [0.05, 0.1) is 16.7 Å². The van der Waals surface area contributed by atoms with Crippen LogP contribution >= 0.6 is 0 Å². The Labute approximate surface area is 160 Å². The number of carboxylic acid groups (broad SMARTS) is 1. The summed E-state index contributed by atoms with van der Waals surface area (Å²) in [5.41, 5.74) is 0.933. The van der Waals surface area contributed by atoms with Crippen molar-refractivity contribution in [2.75, 3.05) is 13.1 Å². The second-order valence-corrected chi connectivity index (χ2v) is 6.65. The lowest BCUT2D eigenvalue weighted by atomic mass is 10.0. The summed E-state index contributed by atoms with van der Waals surface area (Å²) in [5, 5.41) is 19.7. The summed E-state index contributed by atoms with van der Waals surface area (Å²) in [5.74, 6) is -0.584. The molecular formula is C19H20N2O7. The lowest BCUT2D eigenvalue weighted by molar-refractivity contribution is -0.384. The largest absolute Gasteiger partial charge is 0.490 e. The van der Waals surface area contributed by atoms with Crippen LogP contribution in [-0.4, -0.2) is 46.0 Å². The molecule has 1 amide bonds. The number of carboxylic acids is 1. The maximum atomic E-state index is 12.8. The standard InChI is InChI=1S/C19H20N2O7/c1-12-11-27-16(10-17(22)23)18(12)19(24)20-8-6-15(7-9-20)28-14-4-2-13(3-5-14)21(25)26/h2-5,11,15H,6-10H2,1H3,(H,22,23). The number of nitro benzene ring substituents is 1. The van der Waals surface area contributed by atoms with E-state index in [-0.39, 0.29) is 29.9 Å². The second kappa shape index (κ2) is 8.12. The van der Waals surface area contributed by atoms with Gasteiger partial charge in [0, 0.05) is 43.6 Å². The molecule has 1 saturated heterocycles. The van der Waals surface area contributed by atoms with Gasteiger partial charge in [0.2, 0.25) is 0 Å². The zero-order valence-electron chi connectivity index (χ0n) is 15.3. The van der Waals surface area contributed by atoms with Gasteiger partial charge < -0.3 is 19.2 Å². The first-order valence-electron chi connectivity index (χ1n) is 8.84. The normalized spacial score (nSPS) is 14.7. The van der Waals surface area contributed by atoms with Gasteiger partial charge in [-0.25, -0.2) is 0 Å². The maximum Gasteiger partial charge on any atom is 0.311 e. The third kappa shape index (κ3) is 4.30. The Kier molecular flexibility index (Phi) is 5.62. The van der Waals surface area contributed by atoms with Gasteiger partial charge in [0.15, 0.2) is 0 Å². The number of nitro groups is 1. The molecule has 3 rings (SSSR count). The Bertz CT molecular complexity index is 880. The molecule has 2 aromatic rings. The van der Waals surface area contributed by atoms with Crippen LogP contribution in [0.5, 0.6) is 5.75 Å². The van der Waals surface area contributed by atoms with E-state index in [9.17, 15) is 19.7 Å². The molecule has 0 unspecified atom stereocenters. The molecule has 0 spiro atoms. The number of carbonyl (C=O) groups excluding carboxylic acids is 1. The summed E-state index contributed by atoms with van der Waals surface area (Å²) in [7, 11) is 0. The SMILES string of the molecule is Cc1coc(CC(=O)O)c1C(=O)N1CCC(Oc2ccc([N+](=O)[O-])cc2)CC1. The Morgan fingerprint density at radius 3 is 2.50 bits per heavy atom. The zero-order chi connectivity index (χ0) is 20.3. The predicted octanol–water partition coefficient (Wildman–Crippen LogP) is 2.81. The van der Waals surface area contributed by atoms with Gasteiger partial charge in [-0.2, -0.15) is 0 Å². The van der Waals surface area contributed by atoms with E-state index in [1.165, 1.54) is 18.4 Å². The van der Waals surface area contributed by atoms with Crippen molar-refractivity contribution in [3.63, 3.8) is 0 Å². The number of hydrogen-bond donors (Lipinski definition) is 1. The molecule has 1 aliphatic heterocycles. The fourth-order valence-corrected chi connectivity index (χ4v) is 3.23. The van der Waals surface area contributed by atoms with Crippen LogP contribution in [0.1, 0.15) is 34.5 Å². The van der Waals surface area contributed by atoms with E-state index in [2.05, 4.69) is 0 Å². The quantitative estimate of drug-likeness (QED) is 0.596. The van der Waals surface area contributed by atoms with Crippen LogP contribution in [0, 0.1) is 17.0 Å². The third-order valence-corrected chi connectivity index (χ3v) is 4.66. The maximum absolute atomic E-state index is 12.8. The van der Waals surface area contributed by atoms with E-state index >= 15 is 0 Å². The van der Waals surface area contributed by atoms with Crippen molar-refractivity contribution in [1.82, 2.24) is 4.90 Å². The first-order valence-corrected chi connectivity index (χ1v) is 8.84. The Morgan fingerprint density at radius 1 is 1.29 bits per heavy atom. The highest BCUT2D eigenvalue weighted by atomic mass is 16.6. The minimum atomic E-state index is -1.06. The lowest BCUT2D eigenvalue weighted by Crippen LogP contribution is -2.42. The number of nitrogens with zero attached hydrogens (tertiary/aromatic N) is 2. The summed E-state index contributed by atoms with van der Waals surface area (Å²) in [6, 6.07) is 5.89. The van der Waals surface area contributed by atoms with Crippen molar-refractivity contribution in [2.24, 2.45) is 0 Å². The van der Waals surface area contributed by atoms with Crippen LogP contribution in [0.25, 0.3) is 0 Å². The molecule has 0 atom stereocenters. The number of likely N-dealkylation sites (tertiary alicyclic amines) is 1. The van der Waals surface area contributed by atoms with Crippen LogP contribution in [0.15, 0.2) is 34.9 Å². The van der Waals surface area contributed by atoms with Gasteiger partial charge in [-0.1, -0.05) is 0 Å². The van der Waals surface area contributed by atoms with Crippen molar-refractivity contribution in [3.05, 3.63) is 57.5 Å². The van der Waals surface area contributed by atoms with Crippen LogP contribution in [0.2, 0.25) is 0 Å². The van der Waals surface area contributed by atoms with Gasteiger partial charge in [-0.05, 0) is 19.1 Å². The number of ether oxygens (including phenoxy) is 1. The van der Waals surface area contributed by atoms with E-state index in [0.29, 0.717) is 42.8 Å². The number of rotatable bonds is 6.